The average Bonchev–Trinajstić information content (AvgIpc) is 3.17. The highest BCUT2D eigenvalue weighted by atomic mass is 35.5. The molecular weight excluding hydrogens is 538 g/mol. The van der Waals surface area contributed by atoms with Crippen LogP contribution in [0.4, 0.5) is 4.79 Å². The Morgan fingerprint density at radius 2 is 1.80 bits per heavy atom. The summed E-state index contributed by atoms with van der Waals surface area (Å²) in [6.07, 6.45) is 0.953. The summed E-state index contributed by atoms with van der Waals surface area (Å²) in [5.74, 6) is 0.438. The van der Waals surface area contributed by atoms with Crippen LogP contribution in [0.25, 0.3) is 5.69 Å². The summed E-state index contributed by atoms with van der Waals surface area (Å²) in [4.78, 5) is 52.3. The zero-order valence-electron chi connectivity index (χ0n) is 22.3. The normalized spacial score (nSPS) is 20.7. The van der Waals surface area contributed by atoms with Crippen LogP contribution >= 0.6 is 12.4 Å². The van der Waals surface area contributed by atoms with Gasteiger partial charge in [-0.15, -0.1) is 12.4 Å². The van der Waals surface area contributed by atoms with Gasteiger partial charge in [0.1, 0.15) is 17.4 Å². The molecule has 0 radical (unpaired) electrons. The van der Waals surface area contributed by atoms with Gasteiger partial charge in [-0.05, 0) is 62.2 Å². The Kier molecular flexibility index (Phi) is 6.75. The number of allylic oxidation sites excluding steroid dienone is 1. The maximum atomic E-state index is 13.9. The zero-order valence-corrected chi connectivity index (χ0v) is 23.1. The molecule has 6 rings (SSSR count). The number of carboxylic acid groups (broad SMARTS) is 1. The van der Waals surface area contributed by atoms with Crippen LogP contribution in [-0.2, 0) is 6.54 Å². The van der Waals surface area contributed by atoms with Gasteiger partial charge in [0, 0.05) is 30.8 Å². The van der Waals surface area contributed by atoms with Crippen LogP contribution in [0, 0.1) is 0 Å². The average molecular weight is 568 g/mol. The van der Waals surface area contributed by atoms with Crippen molar-refractivity contribution < 1.29 is 19.4 Å². The predicted molar refractivity (Wildman–Crippen MR) is 149 cm³/mol. The van der Waals surface area contributed by atoms with E-state index in [0.717, 1.165) is 21.3 Å². The molecule has 0 bridgehead atoms. The third kappa shape index (κ3) is 4.16. The summed E-state index contributed by atoms with van der Waals surface area (Å²) in [6.45, 7) is 6.95. The number of halogens is 1. The molecule has 0 saturated carbocycles. The van der Waals surface area contributed by atoms with Crippen LogP contribution in [-0.4, -0.2) is 61.0 Å². The number of carbonyl (C=O) groups is 2. The Morgan fingerprint density at radius 3 is 2.48 bits per heavy atom. The zero-order chi connectivity index (χ0) is 27.6. The number of nitrogens with one attached hydrogen (secondary N) is 1. The van der Waals surface area contributed by atoms with Crippen LogP contribution in [0.2, 0.25) is 0 Å². The minimum atomic E-state index is -0.980. The highest BCUT2D eigenvalue weighted by molar-refractivity contribution is 5.94. The summed E-state index contributed by atoms with van der Waals surface area (Å²) in [7, 11) is 0. The second kappa shape index (κ2) is 9.83. The lowest BCUT2D eigenvalue weighted by Crippen LogP contribution is -2.48. The van der Waals surface area contributed by atoms with E-state index in [1.54, 1.807) is 24.3 Å². The van der Waals surface area contributed by atoms with Gasteiger partial charge in [-0.1, -0.05) is 18.2 Å². The van der Waals surface area contributed by atoms with Crippen LogP contribution in [0.3, 0.4) is 0 Å². The van der Waals surface area contributed by atoms with Gasteiger partial charge < -0.3 is 15.2 Å². The molecule has 2 aromatic carbocycles. The van der Waals surface area contributed by atoms with E-state index in [-0.39, 0.29) is 30.8 Å². The molecule has 3 aliphatic heterocycles. The van der Waals surface area contributed by atoms with Crippen molar-refractivity contribution in [2.24, 2.45) is 0 Å². The van der Waals surface area contributed by atoms with Crippen molar-refractivity contribution in [3.8, 4) is 11.4 Å². The lowest BCUT2D eigenvalue weighted by Gasteiger charge is -2.43. The lowest BCUT2D eigenvalue weighted by atomic mass is 9.82. The van der Waals surface area contributed by atoms with Gasteiger partial charge >= 0.3 is 17.5 Å². The van der Waals surface area contributed by atoms with Gasteiger partial charge in [0.05, 0.1) is 18.3 Å². The van der Waals surface area contributed by atoms with E-state index in [0.29, 0.717) is 36.6 Å². The van der Waals surface area contributed by atoms with Crippen molar-refractivity contribution in [3.05, 3.63) is 91.8 Å². The summed E-state index contributed by atoms with van der Waals surface area (Å²) in [5, 5.41) is 13.0. The number of benzene rings is 2. The molecule has 2 unspecified atom stereocenters. The number of amides is 1. The fourth-order valence-electron chi connectivity index (χ4n) is 5.92. The second-order valence-corrected chi connectivity index (χ2v) is 10.6. The molecule has 2 N–H and O–H groups in total. The molecule has 2 atom stereocenters. The third-order valence-corrected chi connectivity index (χ3v) is 7.88. The number of hydrogen-bond donors (Lipinski definition) is 2. The third-order valence-electron chi connectivity index (χ3n) is 7.88. The number of ether oxygens (including phenoxy) is 1. The molecule has 1 aromatic heterocycles. The van der Waals surface area contributed by atoms with E-state index in [1.807, 2.05) is 38.1 Å². The number of hydrogen-bond acceptors (Lipinski definition) is 6. The molecule has 3 aromatic rings. The topological polar surface area (TPSA) is 128 Å². The van der Waals surface area contributed by atoms with E-state index in [1.165, 1.54) is 21.2 Å². The number of aromatic nitrogens is 3. The molecule has 40 heavy (non-hydrogen) atoms. The summed E-state index contributed by atoms with van der Waals surface area (Å²) >= 11 is 0. The Bertz CT molecular complexity index is 1670. The van der Waals surface area contributed by atoms with Crippen LogP contribution < -0.4 is 21.4 Å². The maximum absolute atomic E-state index is 13.9. The minimum absolute atomic E-state index is 0. The monoisotopic (exact) mass is 567 g/mol. The van der Waals surface area contributed by atoms with E-state index in [9.17, 15) is 24.3 Å². The van der Waals surface area contributed by atoms with Crippen molar-refractivity contribution in [1.29, 1.82) is 0 Å². The fourth-order valence-corrected chi connectivity index (χ4v) is 5.92. The molecular formula is C28H30ClN5O6. The number of piperazine rings is 1. The van der Waals surface area contributed by atoms with Crippen molar-refractivity contribution in [3.63, 3.8) is 0 Å². The van der Waals surface area contributed by atoms with E-state index in [4.69, 9.17) is 4.74 Å². The lowest BCUT2D eigenvalue weighted by molar-refractivity contribution is 0.101. The molecule has 11 nitrogen and oxygen atoms in total. The number of Topliss-reactive ketones (excluding diaryl/α,β-unsaturated/α-hetero) is 1. The molecule has 0 aliphatic carbocycles. The number of carbonyl (C=O) groups excluding carboxylic acids is 1. The Balaban J connectivity index is 0.00000323. The quantitative estimate of drug-likeness (QED) is 0.368. The first-order valence-corrected chi connectivity index (χ1v) is 12.9. The number of fused-ring (bicyclic) bond motifs is 5. The summed E-state index contributed by atoms with van der Waals surface area (Å²) in [5.41, 5.74) is 1.49. The van der Waals surface area contributed by atoms with Crippen molar-refractivity contribution in [2.45, 2.75) is 45.0 Å². The standard InChI is InChI=1S/C28H29N5O6.ClH/c1-16(34)17-4-7-19(8-5-17)32-25(35)31-12-10-21-24(33(31)26(32)36)20-9-6-18(14-23(20)39-28(21,2)3)22-15-29-11-13-30(22)27(37)38;/h4-10,14,22,24,29H,11-13,15H2,1-3H3,(H,37,38);1H. The first-order chi connectivity index (χ1) is 18.6. The number of ketones is 1. The van der Waals surface area contributed by atoms with Crippen LogP contribution in [0.5, 0.6) is 5.75 Å². The highest BCUT2D eigenvalue weighted by Crippen LogP contribution is 2.47. The molecule has 4 heterocycles. The second-order valence-electron chi connectivity index (χ2n) is 10.6. The van der Waals surface area contributed by atoms with Crippen molar-refractivity contribution >= 4 is 24.3 Å². The van der Waals surface area contributed by atoms with E-state index >= 15 is 0 Å². The van der Waals surface area contributed by atoms with Crippen LogP contribution in [0.15, 0.2) is 63.7 Å². The largest absolute Gasteiger partial charge is 0.483 e. The smallest absolute Gasteiger partial charge is 0.407 e. The molecule has 12 heteroatoms. The Morgan fingerprint density at radius 1 is 1.07 bits per heavy atom. The summed E-state index contributed by atoms with van der Waals surface area (Å²) in [6, 6.07) is 11.0. The molecule has 1 fully saturated rings. The van der Waals surface area contributed by atoms with Gasteiger partial charge in [0.15, 0.2) is 5.78 Å². The van der Waals surface area contributed by atoms with Gasteiger partial charge in [0.25, 0.3) is 0 Å². The van der Waals surface area contributed by atoms with E-state index < -0.39 is 29.1 Å². The van der Waals surface area contributed by atoms with E-state index in [2.05, 4.69) is 5.32 Å². The molecule has 3 aliphatic rings. The van der Waals surface area contributed by atoms with Crippen LogP contribution in [0.1, 0.15) is 54.3 Å². The minimum Gasteiger partial charge on any atom is -0.483 e. The molecule has 0 spiro atoms. The predicted octanol–water partition coefficient (Wildman–Crippen LogP) is 2.75. The first-order valence-electron chi connectivity index (χ1n) is 12.9. The van der Waals surface area contributed by atoms with Crippen molar-refractivity contribution in [1.82, 2.24) is 24.1 Å². The van der Waals surface area contributed by atoms with Crippen molar-refractivity contribution in [2.75, 3.05) is 19.6 Å². The van der Waals surface area contributed by atoms with Gasteiger partial charge in [0.2, 0.25) is 0 Å². The number of nitrogens with zero attached hydrogens (tertiary/aromatic N) is 4. The Labute approximate surface area is 235 Å². The maximum Gasteiger partial charge on any atom is 0.407 e. The fraction of sp³-hybridized carbons (Fsp3) is 0.357. The SMILES string of the molecule is CC(=O)c1ccc(-n2c(=O)n3n(c2=O)C2C(=CC3)C(C)(C)Oc3cc(C4CNCCN4C(=O)O)ccc32)cc1.Cl. The highest BCUT2D eigenvalue weighted by Gasteiger charge is 2.44. The first kappa shape index (κ1) is 27.5. The van der Waals surface area contributed by atoms with Gasteiger partial charge in [-0.25, -0.2) is 28.3 Å². The summed E-state index contributed by atoms with van der Waals surface area (Å²) < 4.78 is 10.5. The molecule has 1 saturated heterocycles. The molecule has 210 valence electrons. The van der Waals surface area contributed by atoms with Gasteiger partial charge in [-0.2, -0.15) is 0 Å². The number of rotatable bonds is 3. The Hall–Kier alpha value is -4.09. The molecule has 1 amide bonds. The van der Waals surface area contributed by atoms with Gasteiger partial charge in [-0.3, -0.25) is 9.69 Å².